The van der Waals surface area contributed by atoms with Gasteiger partial charge in [-0.05, 0) is 12.1 Å². The second kappa shape index (κ2) is 7.71. The normalized spacial score (nSPS) is 15.7. The summed E-state index contributed by atoms with van der Waals surface area (Å²) in [4.78, 5) is 23.9. The fourth-order valence-corrected chi connectivity index (χ4v) is 2.51. The molecule has 0 radical (unpaired) electrons. The summed E-state index contributed by atoms with van der Waals surface area (Å²) in [7, 11) is 0. The van der Waals surface area contributed by atoms with Crippen LogP contribution in [0.3, 0.4) is 0 Å². The Morgan fingerprint density at radius 2 is 1.96 bits per heavy atom. The highest BCUT2D eigenvalue weighted by Crippen LogP contribution is 2.26. The lowest BCUT2D eigenvalue weighted by atomic mass is 10.2. The van der Waals surface area contributed by atoms with Crippen molar-refractivity contribution in [1.82, 2.24) is 9.78 Å². The fraction of sp³-hybridized carbons (Fsp3) is 0.278. The highest BCUT2D eigenvalue weighted by Gasteiger charge is 2.38. The Morgan fingerprint density at radius 3 is 2.63 bits per heavy atom. The lowest BCUT2D eigenvalue weighted by Crippen LogP contribution is -2.42. The van der Waals surface area contributed by atoms with Crippen LogP contribution in [0.15, 0.2) is 48.4 Å². The average molecular weight is 392 g/mol. The Morgan fingerprint density at radius 1 is 1.26 bits per heavy atom. The number of benzene rings is 1. The molecule has 8 nitrogen and oxygen atoms in total. The molecule has 142 valence electrons. The van der Waals surface area contributed by atoms with E-state index in [1.54, 1.807) is 35.3 Å². The highest BCUT2D eigenvalue weighted by atomic mass is 35.5. The van der Waals surface area contributed by atoms with Crippen molar-refractivity contribution in [2.24, 2.45) is 0 Å². The number of nitrogens with one attached hydrogen (secondary N) is 1. The molecule has 1 saturated heterocycles. The minimum absolute atomic E-state index is 0.227. The molecule has 0 spiro atoms. The van der Waals surface area contributed by atoms with Gasteiger partial charge in [0.05, 0.1) is 23.5 Å². The molecule has 1 aliphatic heterocycles. The molecule has 0 atom stereocenters. The molecule has 0 amide bonds. The largest absolute Gasteiger partial charge is 0.489 e. The molecule has 1 fully saturated rings. The van der Waals surface area contributed by atoms with Crippen molar-refractivity contribution >= 4 is 29.2 Å². The van der Waals surface area contributed by atoms with Gasteiger partial charge in [0.25, 0.3) is 5.79 Å². The number of ether oxygens (including phenoxy) is 3. The zero-order chi connectivity index (χ0) is 19.4. The second-order valence-electron chi connectivity index (χ2n) is 6.15. The number of carbonyl (C=O) groups is 2. The van der Waals surface area contributed by atoms with Gasteiger partial charge in [-0.2, -0.15) is 5.10 Å². The first-order chi connectivity index (χ1) is 12.8. The van der Waals surface area contributed by atoms with Gasteiger partial charge in [0.2, 0.25) is 0 Å². The first-order valence-corrected chi connectivity index (χ1v) is 8.55. The topological polar surface area (TPSA) is 91.7 Å². The number of halogens is 1. The number of carbonyl (C=O) groups excluding carboxylic acids is 2. The molecule has 2 heterocycles. The van der Waals surface area contributed by atoms with E-state index in [1.807, 2.05) is 6.07 Å². The second-order valence-corrected chi connectivity index (χ2v) is 6.58. The summed E-state index contributed by atoms with van der Waals surface area (Å²) in [5.41, 5.74) is 0.351. The predicted molar refractivity (Wildman–Crippen MR) is 97.1 cm³/mol. The van der Waals surface area contributed by atoms with Gasteiger partial charge >= 0.3 is 11.9 Å². The van der Waals surface area contributed by atoms with Crippen molar-refractivity contribution in [3.8, 4) is 5.75 Å². The van der Waals surface area contributed by atoms with Crippen LogP contribution in [-0.4, -0.2) is 34.1 Å². The minimum atomic E-state index is -1.28. The van der Waals surface area contributed by atoms with E-state index in [9.17, 15) is 9.59 Å². The predicted octanol–water partition coefficient (Wildman–Crippen LogP) is 2.75. The standard InChI is InChI=1S/C18H18ClN3O5/c1-18(2)26-16(23)13(17(24)27-18)10-20-14-5-3-4-6-15(14)25-8-7-22-11-12(19)9-21-22/h3-6,9-11,20H,7-8H2,1-2H3. The van der Waals surface area contributed by atoms with Crippen LogP contribution < -0.4 is 10.1 Å². The zero-order valence-corrected chi connectivity index (χ0v) is 15.5. The number of anilines is 1. The van der Waals surface area contributed by atoms with Crippen molar-refractivity contribution in [3.63, 3.8) is 0 Å². The SMILES string of the molecule is CC1(C)OC(=O)C(=CNc2ccccc2OCCn2cc(Cl)cn2)C(=O)O1. The third-order valence-corrected chi connectivity index (χ3v) is 3.75. The summed E-state index contributed by atoms with van der Waals surface area (Å²) in [5, 5.41) is 7.52. The Kier molecular flexibility index (Phi) is 5.36. The summed E-state index contributed by atoms with van der Waals surface area (Å²) in [6.45, 7) is 3.84. The van der Waals surface area contributed by atoms with Crippen LogP contribution in [0.2, 0.25) is 5.02 Å². The number of nitrogens with zero attached hydrogens (tertiary/aromatic N) is 2. The van der Waals surface area contributed by atoms with Crippen LogP contribution in [0.1, 0.15) is 13.8 Å². The molecule has 0 bridgehead atoms. The van der Waals surface area contributed by atoms with E-state index in [1.165, 1.54) is 20.0 Å². The molecule has 0 saturated carbocycles. The maximum atomic E-state index is 12.0. The van der Waals surface area contributed by atoms with Crippen LogP contribution in [0, 0.1) is 0 Å². The molecular formula is C18H18ClN3O5. The van der Waals surface area contributed by atoms with Crippen LogP contribution in [0.4, 0.5) is 5.69 Å². The number of hydrogen-bond acceptors (Lipinski definition) is 7. The van der Waals surface area contributed by atoms with Crippen molar-refractivity contribution < 1.29 is 23.8 Å². The number of esters is 2. The highest BCUT2D eigenvalue weighted by molar-refractivity contribution is 6.30. The first kappa shape index (κ1) is 18.8. The lowest BCUT2D eigenvalue weighted by Gasteiger charge is -2.29. The molecule has 1 aliphatic rings. The number of rotatable bonds is 6. The Bertz CT molecular complexity index is 869. The van der Waals surface area contributed by atoms with E-state index in [0.29, 0.717) is 29.6 Å². The van der Waals surface area contributed by atoms with E-state index in [0.717, 1.165) is 0 Å². The zero-order valence-electron chi connectivity index (χ0n) is 14.8. The molecule has 1 aromatic carbocycles. The van der Waals surface area contributed by atoms with Crippen LogP contribution in [-0.2, 0) is 25.6 Å². The Labute approximate surface area is 160 Å². The van der Waals surface area contributed by atoms with Gasteiger partial charge in [0.15, 0.2) is 5.57 Å². The van der Waals surface area contributed by atoms with Crippen molar-refractivity contribution in [3.05, 3.63) is 53.5 Å². The number of hydrogen-bond donors (Lipinski definition) is 1. The lowest BCUT2D eigenvalue weighted by molar-refractivity contribution is -0.222. The van der Waals surface area contributed by atoms with E-state index in [4.69, 9.17) is 25.8 Å². The third-order valence-electron chi connectivity index (χ3n) is 3.56. The van der Waals surface area contributed by atoms with Gasteiger partial charge in [0, 0.05) is 26.2 Å². The number of aromatic nitrogens is 2. The smallest absolute Gasteiger partial charge is 0.350 e. The van der Waals surface area contributed by atoms with Crippen LogP contribution in [0.25, 0.3) is 0 Å². The van der Waals surface area contributed by atoms with Crippen molar-refractivity contribution in [1.29, 1.82) is 0 Å². The van der Waals surface area contributed by atoms with Crippen LogP contribution in [0.5, 0.6) is 5.75 Å². The average Bonchev–Trinajstić information content (AvgIpc) is 2.99. The van der Waals surface area contributed by atoms with Gasteiger partial charge in [-0.1, -0.05) is 23.7 Å². The van der Waals surface area contributed by atoms with E-state index >= 15 is 0 Å². The van der Waals surface area contributed by atoms with E-state index in [-0.39, 0.29) is 5.57 Å². The maximum Gasteiger partial charge on any atom is 0.350 e. The molecule has 2 aromatic rings. The van der Waals surface area contributed by atoms with Crippen molar-refractivity contribution in [2.75, 3.05) is 11.9 Å². The molecule has 1 aromatic heterocycles. The fourth-order valence-electron chi connectivity index (χ4n) is 2.35. The molecule has 1 N–H and O–H groups in total. The van der Waals surface area contributed by atoms with Gasteiger partial charge in [-0.25, -0.2) is 9.59 Å². The Hall–Kier alpha value is -3.00. The number of cyclic esters (lactones) is 2. The molecule has 3 rings (SSSR count). The molecule has 0 aliphatic carbocycles. The van der Waals surface area contributed by atoms with Gasteiger partial charge in [0.1, 0.15) is 12.4 Å². The van der Waals surface area contributed by atoms with Gasteiger partial charge in [-0.15, -0.1) is 0 Å². The summed E-state index contributed by atoms with van der Waals surface area (Å²) in [5.74, 6) is -2.23. The van der Waals surface area contributed by atoms with Crippen LogP contribution >= 0.6 is 11.6 Å². The molecular weight excluding hydrogens is 374 g/mol. The van der Waals surface area contributed by atoms with Gasteiger partial charge < -0.3 is 19.5 Å². The van der Waals surface area contributed by atoms with E-state index < -0.39 is 17.7 Å². The number of para-hydroxylation sites is 2. The summed E-state index contributed by atoms with van der Waals surface area (Å²) >= 11 is 5.82. The molecule has 0 unspecified atom stereocenters. The minimum Gasteiger partial charge on any atom is -0.489 e. The maximum absolute atomic E-state index is 12.0. The first-order valence-electron chi connectivity index (χ1n) is 8.17. The van der Waals surface area contributed by atoms with Crippen molar-refractivity contribution in [2.45, 2.75) is 26.2 Å². The quantitative estimate of drug-likeness (QED) is 0.460. The molecule has 9 heteroatoms. The Balaban J connectivity index is 1.65. The summed E-state index contributed by atoms with van der Waals surface area (Å²) < 4.78 is 17.5. The van der Waals surface area contributed by atoms with E-state index in [2.05, 4.69) is 10.4 Å². The third kappa shape index (κ3) is 4.79. The monoisotopic (exact) mass is 391 g/mol. The van der Waals surface area contributed by atoms with Gasteiger partial charge in [-0.3, -0.25) is 4.68 Å². The summed E-state index contributed by atoms with van der Waals surface area (Å²) in [6.07, 6.45) is 4.49. The summed E-state index contributed by atoms with van der Waals surface area (Å²) in [6, 6.07) is 7.11. The molecule has 27 heavy (non-hydrogen) atoms.